The van der Waals surface area contributed by atoms with Gasteiger partial charge in [-0.1, -0.05) is 17.4 Å². The minimum atomic E-state index is -1.02. The van der Waals surface area contributed by atoms with Crippen LogP contribution in [0, 0.1) is 5.82 Å². The van der Waals surface area contributed by atoms with Gasteiger partial charge in [0.05, 0.1) is 34.2 Å². The van der Waals surface area contributed by atoms with Gasteiger partial charge in [0.15, 0.2) is 4.96 Å². The fraction of sp³-hybridized carbons (Fsp3) is 0.467. The molecule has 218 valence electrons. The van der Waals surface area contributed by atoms with Gasteiger partial charge >= 0.3 is 0 Å². The standard InChI is InChI=1S/C30H35F2N5O3S/c1-40-26-17-25-27(16-22(26)28(38)34-9-2-12-36-13-5-20(31)6-14-36)41-29-35-24(18-37(25)29)21-4-3-19(15-23(21)32)30(39)7-10-33-11-8-30/h3-4,15-18,20,33,39H,2,5-14H2,1H3,(H,34,38). The lowest BCUT2D eigenvalue weighted by Gasteiger charge is -2.33. The Morgan fingerprint density at radius 3 is 2.76 bits per heavy atom. The summed E-state index contributed by atoms with van der Waals surface area (Å²) in [5.74, 6) is -0.191. The number of rotatable bonds is 8. The van der Waals surface area contributed by atoms with Crippen molar-refractivity contribution in [1.29, 1.82) is 0 Å². The minimum absolute atomic E-state index is 0.212. The molecule has 2 aliphatic heterocycles. The Kier molecular flexibility index (Phi) is 7.95. The molecule has 0 atom stereocenters. The molecular weight excluding hydrogens is 548 g/mol. The lowest BCUT2D eigenvalue weighted by molar-refractivity contribution is 0.00569. The van der Waals surface area contributed by atoms with E-state index in [1.807, 2.05) is 16.5 Å². The number of benzene rings is 2. The number of ether oxygens (including phenoxy) is 1. The van der Waals surface area contributed by atoms with Crippen LogP contribution < -0.4 is 15.4 Å². The number of fused-ring (bicyclic) bond motifs is 3. The van der Waals surface area contributed by atoms with E-state index in [0.29, 0.717) is 78.4 Å². The van der Waals surface area contributed by atoms with E-state index >= 15 is 4.39 Å². The molecule has 0 aliphatic carbocycles. The highest BCUT2D eigenvalue weighted by Gasteiger charge is 2.32. The third-order valence-corrected chi connectivity index (χ3v) is 9.34. The van der Waals surface area contributed by atoms with Crippen LogP contribution in [0.15, 0.2) is 36.5 Å². The van der Waals surface area contributed by atoms with Crippen LogP contribution >= 0.6 is 11.3 Å². The number of nitrogens with one attached hydrogen (secondary N) is 2. The van der Waals surface area contributed by atoms with Crippen LogP contribution in [-0.4, -0.2) is 77.8 Å². The predicted molar refractivity (Wildman–Crippen MR) is 156 cm³/mol. The first-order valence-corrected chi connectivity index (χ1v) is 15.0. The van der Waals surface area contributed by atoms with Gasteiger partial charge in [0.1, 0.15) is 17.7 Å². The van der Waals surface area contributed by atoms with Gasteiger partial charge in [-0.05, 0) is 75.5 Å². The Morgan fingerprint density at radius 1 is 1.24 bits per heavy atom. The van der Waals surface area contributed by atoms with Crippen molar-refractivity contribution in [2.24, 2.45) is 0 Å². The number of aromatic nitrogens is 2. The number of carbonyl (C=O) groups is 1. The van der Waals surface area contributed by atoms with E-state index in [1.165, 1.54) is 24.5 Å². The molecule has 0 unspecified atom stereocenters. The summed E-state index contributed by atoms with van der Waals surface area (Å²) >= 11 is 1.42. The number of amides is 1. The van der Waals surface area contributed by atoms with Crippen molar-refractivity contribution in [2.45, 2.75) is 43.9 Å². The van der Waals surface area contributed by atoms with Gasteiger partial charge in [0, 0.05) is 37.5 Å². The van der Waals surface area contributed by atoms with Gasteiger partial charge < -0.3 is 25.4 Å². The summed E-state index contributed by atoms with van der Waals surface area (Å²) in [4.78, 5) is 20.6. The Morgan fingerprint density at radius 2 is 2.02 bits per heavy atom. The first-order chi connectivity index (χ1) is 19.8. The van der Waals surface area contributed by atoms with Crippen LogP contribution in [0.1, 0.15) is 48.0 Å². The van der Waals surface area contributed by atoms with E-state index in [-0.39, 0.29) is 5.91 Å². The molecule has 2 aliphatic rings. The molecule has 0 spiro atoms. The first-order valence-electron chi connectivity index (χ1n) is 14.2. The van der Waals surface area contributed by atoms with Crippen LogP contribution in [0.3, 0.4) is 0 Å². The maximum atomic E-state index is 15.3. The molecule has 8 nitrogen and oxygen atoms in total. The smallest absolute Gasteiger partial charge is 0.255 e. The Hall–Kier alpha value is -3.12. The number of methoxy groups -OCH3 is 1. The topological polar surface area (TPSA) is 91.1 Å². The van der Waals surface area contributed by atoms with Crippen LogP contribution in [0.25, 0.3) is 26.4 Å². The van der Waals surface area contributed by atoms with Crippen molar-refractivity contribution in [3.63, 3.8) is 0 Å². The second kappa shape index (κ2) is 11.6. The molecule has 1 amide bonds. The highest BCUT2D eigenvalue weighted by molar-refractivity contribution is 7.23. The first kappa shape index (κ1) is 28.0. The van der Waals surface area contributed by atoms with Gasteiger partial charge in [-0.3, -0.25) is 9.20 Å². The summed E-state index contributed by atoms with van der Waals surface area (Å²) in [7, 11) is 1.53. The maximum absolute atomic E-state index is 15.3. The summed E-state index contributed by atoms with van der Waals surface area (Å²) in [5, 5.41) is 17.2. The van der Waals surface area contributed by atoms with Crippen LogP contribution in [0.2, 0.25) is 0 Å². The van der Waals surface area contributed by atoms with Crippen molar-refractivity contribution < 1.29 is 23.4 Å². The number of hydrogen-bond donors (Lipinski definition) is 3. The van der Waals surface area contributed by atoms with E-state index < -0.39 is 17.6 Å². The lowest BCUT2D eigenvalue weighted by atomic mass is 9.84. The van der Waals surface area contributed by atoms with Crippen LogP contribution in [0.4, 0.5) is 8.78 Å². The molecule has 2 fully saturated rings. The van der Waals surface area contributed by atoms with Crippen LogP contribution in [0.5, 0.6) is 5.75 Å². The zero-order chi connectivity index (χ0) is 28.6. The van der Waals surface area contributed by atoms with E-state index in [2.05, 4.69) is 20.5 Å². The number of halogens is 2. The molecule has 41 heavy (non-hydrogen) atoms. The Labute approximate surface area is 241 Å². The molecule has 0 bridgehead atoms. The number of thiazole rings is 1. The zero-order valence-corrected chi connectivity index (χ0v) is 23.9. The van der Waals surface area contributed by atoms with Crippen LogP contribution in [-0.2, 0) is 5.60 Å². The third-order valence-electron chi connectivity index (χ3n) is 8.33. The summed E-state index contributed by atoms with van der Waals surface area (Å²) in [6.45, 7) is 4.26. The van der Waals surface area contributed by atoms with Crippen molar-refractivity contribution in [2.75, 3.05) is 46.4 Å². The number of piperidine rings is 2. The van der Waals surface area contributed by atoms with Gasteiger partial charge in [0.25, 0.3) is 5.91 Å². The van der Waals surface area contributed by atoms with Gasteiger partial charge in [-0.15, -0.1) is 0 Å². The molecule has 2 aromatic heterocycles. The Bertz CT molecular complexity index is 1560. The largest absolute Gasteiger partial charge is 0.496 e. The number of carbonyl (C=O) groups excluding carboxylic acids is 1. The lowest BCUT2D eigenvalue weighted by Crippen LogP contribution is -2.39. The second-order valence-electron chi connectivity index (χ2n) is 11.0. The zero-order valence-electron chi connectivity index (χ0n) is 23.1. The summed E-state index contributed by atoms with van der Waals surface area (Å²) in [6.07, 6.45) is 4.14. The molecular formula is C30H35F2N5O3S. The molecule has 6 rings (SSSR count). The summed E-state index contributed by atoms with van der Waals surface area (Å²) < 4.78 is 36.9. The normalized spacial score (nSPS) is 18.2. The second-order valence-corrected chi connectivity index (χ2v) is 12.0. The SMILES string of the molecule is COc1cc2c(cc1C(=O)NCCCN1CCC(F)CC1)sc1nc(-c3ccc(C4(O)CCNCC4)cc3F)cn12. The van der Waals surface area contributed by atoms with Gasteiger partial charge in [-0.25, -0.2) is 13.8 Å². The number of imidazole rings is 1. The average Bonchev–Trinajstić information content (AvgIpc) is 3.53. The number of likely N-dealkylation sites (tertiary alicyclic amines) is 1. The fourth-order valence-electron chi connectivity index (χ4n) is 5.87. The highest BCUT2D eigenvalue weighted by atomic mass is 32.1. The number of hydrogen-bond acceptors (Lipinski definition) is 7. The molecule has 3 N–H and O–H groups in total. The van der Waals surface area contributed by atoms with Gasteiger partial charge in [-0.2, -0.15) is 0 Å². The van der Waals surface area contributed by atoms with E-state index in [4.69, 9.17) is 4.74 Å². The molecule has 0 radical (unpaired) electrons. The monoisotopic (exact) mass is 583 g/mol. The number of aliphatic hydroxyl groups is 1. The third kappa shape index (κ3) is 5.68. The predicted octanol–water partition coefficient (Wildman–Crippen LogP) is 4.49. The summed E-state index contributed by atoms with van der Waals surface area (Å²) in [6, 6.07) is 8.52. The van der Waals surface area contributed by atoms with Crippen molar-refractivity contribution in [1.82, 2.24) is 24.9 Å². The molecule has 2 saturated heterocycles. The molecule has 4 heterocycles. The quantitative estimate of drug-likeness (QED) is 0.265. The minimum Gasteiger partial charge on any atom is -0.496 e. The molecule has 2 aromatic carbocycles. The van der Waals surface area contributed by atoms with E-state index in [1.54, 1.807) is 18.3 Å². The molecule has 4 aromatic rings. The fourth-order valence-corrected chi connectivity index (χ4v) is 6.90. The van der Waals surface area contributed by atoms with Crippen molar-refractivity contribution in [3.05, 3.63) is 53.5 Å². The van der Waals surface area contributed by atoms with Crippen molar-refractivity contribution >= 4 is 32.4 Å². The number of alkyl halides is 1. The maximum Gasteiger partial charge on any atom is 0.255 e. The Balaban J connectivity index is 1.18. The number of nitrogens with zero attached hydrogens (tertiary/aromatic N) is 3. The molecule has 0 saturated carbocycles. The molecule has 11 heteroatoms. The van der Waals surface area contributed by atoms with Crippen molar-refractivity contribution in [3.8, 4) is 17.0 Å². The van der Waals surface area contributed by atoms with E-state index in [0.717, 1.165) is 36.3 Å². The average molecular weight is 584 g/mol. The van der Waals surface area contributed by atoms with Gasteiger partial charge in [0.2, 0.25) is 0 Å². The highest BCUT2D eigenvalue weighted by Crippen LogP contribution is 2.36. The summed E-state index contributed by atoms with van der Waals surface area (Å²) in [5.41, 5.74) is 1.69. The van der Waals surface area contributed by atoms with E-state index in [9.17, 15) is 14.3 Å².